The summed E-state index contributed by atoms with van der Waals surface area (Å²) in [5, 5.41) is 12.0. The molecule has 1 aromatic rings. The molecule has 0 aliphatic carbocycles. The Morgan fingerprint density at radius 3 is 2.47 bits per heavy atom. The van der Waals surface area contributed by atoms with Crippen LogP contribution in [0.5, 0.6) is 5.75 Å². The molecule has 1 aromatic carbocycles. The molecule has 1 rings (SSSR count). The van der Waals surface area contributed by atoms with Gasteiger partial charge in [-0.1, -0.05) is 12.1 Å². The Morgan fingerprint density at radius 2 is 1.89 bits per heavy atom. The zero-order valence-electron chi connectivity index (χ0n) is 11.8. The summed E-state index contributed by atoms with van der Waals surface area (Å²) < 4.78 is 5.40. The molecule has 0 aliphatic heterocycles. The average Bonchev–Trinajstić information content (AvgIpc) is 2.35. The van der Waals surface area contributed by atoms with Crippen LogP contribution in [0.25, 0.3) is 0 Å². The highest BCUT2D eigenvalue weighted by Crippen LogP contribution is 2.10. The molecule has 106 valence electrons. The lowest BCUT2D eigenvalue weighted by molar-refractivity contribution is -0.134. The van der Waals surface area contributed by atoms with Crippen LogP contribution in [0.3, 0.4) is 0 Å². The van der Waals surface area contributed by atoms with E-state index >= 15 is 0 Å². The first kappa shape index (κ1) is 15.5. The van der Waals surface area contributed by atoms with E-state index in [0.29, 0.717) is 6.54 Å². The standard InChI is InChI=1S/C15H23NO3/c1-11(2)19-12(3)15(18)16-10-4-5-13-6-8-14(17)9-7-13/h6-9,11-12,17H,4-5,10H2,1-3H3,(H,16,18)/t12-/m0/s1. The van der Waals surface area contributed by atoms with Crippen molar-refractivity contribution in [2.75, 3.05) is 6.54 Å². The molecule has 0 saturated carbocycles. The number of rotatable bonds is 7. The van der Waals surface area contributed by atoms with E-state index in [9.17, 15) is 4.79 Å². The third-order valence-corrected chi connectivity index (χ3v) is 2.72. The molecule has 2 N–H and O–H groups in total. The summed E-state index contributed by atoms with van der Waals surface area (Å²) >= 11 is 0. The third-order valence-electron chi connectivity index (χ3n) is 2.72. The summed E-state index contributed by atoms with van der Waals surface area (Å²) in [6, 6.07) is 7.13. The normalized spacial score (nSPS) is 12.4. The highest BCUT2D eigenvalue weighted by molar-refractivity contribution is 5.80. The summed E-state index contributed by atoms with van der Waals surface area (Å²) in [5.74, 6) is 0.205. The molecule has 19 heavy (non-hydrogen) atoms. The number of aryl methyl sites for hydroxylation is 1. The van der Waals surface area contributed by atoms with Gasteiger partial charge in [0, 0.05) is 6.54 Å². The SMILES string of the molecule is CC(C)O[C@@H](C)C(=O)NCCCc1ccc(O)cc1. The van der Waals surface area contributed by atoms with Crippen molar-refractivity contribution in [2.24, 2.45) is 0 Å². The van der Waals surface area contributed by atoms with E-state index in [0.717, 1.165) is 18.4 Å². The van der Waals surface area contributed by atoms with E-state index in [1.54, 1.807) is 19.1 Å². The number of phenolic OH excluding ortho intramolecular Hbond substituents is 1. The first-order valence-electron chi connectivity index (χ1n) is 6.70. The number of aromatic hydroxyl groups is 1. The first-order valence-corrected chi connectivity index (χ1v) is 6.70. The molecule has 0 spiro atoms. The predicted octanol–water partition coefficient (Wildman–Crippen LogP) is 2.25. The number of carbonyl (C=O) groups is 1. The lowest BCUT2D eigenvalue weighted by atomic mass is 10.1. The second kappa shape index (κ2) is 7.79. The number of carbonyl (C=O) groups excluding carboxylic acids is 1. The molecule has 0 aromatic heterocycles. The van der Waals surface area contributed by atoms with Crippen LogP contribution in [0.1, 0.15) is 32.8 Å². The summed E-state index contributed by atoms with van der Waals surface area (Å²) in [4.78, 5) is 11.7. The zero-order valence-corrected chi connectivity index (χ0v) is 11.8. The predicted molar refractivity (Wildman–Crippen MR) is 75.1 cm³/mol. The number of hydrogen-bond acceptors (Lipinski definition) is 3. The van der Waals surface area contributed by atoms with Gasteiger partial charge in [-0.15, -0.1) is 0 Å². The number of hydrogen-bond donors (Lipinski definition) is 2. The fourth-order valence-corrected chi connectivity index (χ4v) is 1.78. The van der Waals surface area contributed by atoms with Gasteiger partial charge in [0.15, 0.2) is 0 Å². The summed E-state index contributed by atoms with van der Waals surface area (Å²) in [6.45, 7) is 6.21. The fraction of sp³-hybridized carbons (Fsp3) is 0.533. The van der Waals surface area contributed by atoms with Crippen molar-refractivity contribution in [1.82, 2.24) is 5.32 Å². The van der Waals surface area contributed by atoms with Crippen molar-refractivity contribution >= 4 is 5.91 Å². The maximum absolute atomic E-state index is 11.7. The molecule has 0 unspecified atom stereocenters. The molecular weight excluding hydrogens is 242 g/mol. The quantitative estimate of drug-likeness (QED) is 0.743. The molecule has 0 fully saturated rings. The van der Waals surface area contributed by atoms with E-state index in [-0.39, 0.29) is 17.8 Å². The van der Waals surface area contributed by atoms with E-state index < -0.39 is 6.10 Å². The molecule has 1 amide bonds. The van der Waals surface area contributed by atoms with Crippen LogP contribution in [0.4, 0.5) is 0 Å². The molecule has 0 aliphatic rings. The van der Waals surface area contributed by atoms with Gasteiger partial charge in [0.1, 0.15) is 11.9 Å². The van der Waals surface area contributed by atoms with E-state index in [1.165, 1.54) is 0 Å². The number of phenols is 1. The Morgan fingerprint density at radius 1 is 1.26 bits per heavy atom. The van der Waals surface area contributed by atoms with Gasteiger partial charge in [-0.2, -0.15) is 0 Å². The Balaban J connectivity index is 2.20. The van der Waals surface area contributed by atoms with Gasteiger partial charge in [-0.25, -0.2) is 0 Å². The minimum Gasteiger partial charge on any atom is -0.508 e. The lowest BCUT2D eigenvalue weighted by Gasteiger charge is -2.15. The minimum atomic E-state index is -0.409. The molecule has 4 heteroatoms. The number of ether oxygens (including phenoxy) is 1. The smallest absolute Gasteiger partial charge is 0.248 e. The Kier molecular flexibility index (Phi) is 6.36. The second-order valence-corrected chi connectivity index (χ2v) is 4.89. The van der Waals surface area contributed by atoms with Crippen LogP contribution in [0, 0.1) is 0 Å². The van der Waals surface area contributed by atoms with Gasteiger partial charge < -0.3 is 15.2 Å². The fourth-order valence-electron chi connectivity index (χ4n) is 1.78. The van der Waals surface area contributed by atoms with Crippen molar-refractivity contribution < 1.29 is 14.6 Å². The summed E-state index contributed by atoms with van der Waals surface area (Å²) in [5.41, 5.74) is 1.15. The van der Waals surface area contributed by atoms with E-state index in [2.05, 4.69) is 5.32 Å². The summed E-state index contributed by atoms with van der Waals surface area (Å²) in [6.07, 6.45) is 1.39. The van der Waals surface area contributed by atoms with Crippen LogP contribution >= 0.6 is 0 Å². The summed E-state index contributed by atoms with van der Waals surface area (Å²) in [7, 11) is 0. The van der Waals surface area contributed by atoms with Crippen molar-refractivity contribution in [3.8, 4) is 5.75 Å². The molecule has 0 saturated heterocycles. The van der Waals surface area contributed by atoms with Crippen LogP contribution in [0.15, 0.2) is 24.3 Å². The molecule has 1 atom stereocenters. The van der Waals surface area contributed by atoms with Gasteiger partial charge in [0.25, 0.3) is 0 Å². The average molecular weight is 265 g/mol. The van der Waals surface area contributed by atoms with Crippen molar-refractivity contribution in [3.05, 3.63) is 29.8 Å². The first-order chi connectivity index (χ1) is 8.99. The number of benzene rings is 1. The van der Waals surface area contributed by atoms with Crippen molar-refractivity contribution in [3.63, 3.8) is 0 Å². The Hall–Kier alpha value is -1.55. The van der Waals surface area contributed by atoms with Crippen LogP contribution in [0.2, 0.25) is 0 Å². The van der Waals surface area contributed by atoms with Crippen LogP contribution < -0.4 is 5.32 Å². The highest BCUT2D eigenvalue weighted by Gasteiger charge is 2.13. The topological polar surface area (TPSA) is 58.6 Å². The largest absolute Gasteiger partial charge is 0.508 e. The van der Waals surface area contributed by atoms with Crippen molar-refractivity contribution in [1.29, 1.82) is 0 Å². The number of nitrogens with one attached hydrogen (secondary N) is 1. The molecular formula is C15H23NO3. The molecule has 4 nitrogen and oxygen atoms in total. The Bertz CT molecular complexity index is 387. The van der Waals surface area contributed by atoms with Gasteiger partial charge in [0.05, 0.1) is 6.10 Å². The lowest BCUT2D eigenvalue weighted by Crippen LogP contribution is -2.36. The molecule has 0 radical (unpaired) electrons. The Labute approximate surface area is 114 Å². The van der Waals surface area contributed by atoms with Gasteiger partial charge in [-0.05, 0) is 51.3 Å². The van der Waals surface area contributed by atoms with Crippen LogP contribution in [-0.2, 0) is 16.0 Å². The van der Waals surface area contributed by atoms with E-state index in [4.69, 9.17) is 9.84 Å². The molecule has 0 heterocycles. The van der Waals surface area contributed by atoms with Crippen LogP contribution in [-0.4, -0.2) is 29.8 Å². The van der Waals surface area contributed by atoms with Gasteiger partial charge in [0.2, 0.25) is 5.91 Å². The van der Waals surface area contributed by atoms with Crippen molar-refractivity contribution in [2.45, 2.75) is 45.8 Å². The van der Waals surface area contributed by atoms with Gasteiger partial charge in [-0.3, -0.25) is 4.79 Å². The molecule has 0 bridgehead atoms. The van der Waals surface area contributed by atoms with Gasteiger partial charge >= 0.3 is 0 Å². The maximum Gasteiger partial charge on any atom is 0.248 e. The van der Waals surface area contributed by atoms with E-state index in [1.807, 2.05) is 26.0 Å². The number of amides is 1. The monoisotopic (exact) mass is 265 g/mol. The second-order valence-electron chi connectivity index (χ2n) is 4.89. The third kappa shape index (κ3) is 6.25. The minimum absolute atomic E-state index is 0.0535. The highest BCUT2D eigenvalue weighted by atomic mass is 16.5. The maximum atomic E-state index is 11.7. The zero-order chi connectivity index (χ0) is 14.3.